The maximum absolute atomic E-state index is 12.2. The lowest BCUT2D eigenvalue weighted by molar-refractivity contribution is -0.121. The molecule has 0 aliphatic carbocycles. The molecule has 4 rings (SSSR count). The Hall–Kier alpha value is -3.15. The fraction of sp³-hybridized carbons (Fsp3) is 0.211. The molecular formula is C19H19N5O. The molecule has 1 amide bonds. The Morgan fingerprint density at radius 2 is 1.64 bits per heavy atom. The number of aromatic nitrogens is 4. The normalized spacial score (nSPS) is 12.5. The molecule has 4 aromatic rings. The van der Waals surface area contributed by atoms with Gasteiger partial charge in [-0.25, -0.2) is 9.97 Å². The molecule has 2 aromatic carbocycles. The highest BCUT2D eigenvalue weighted by Gasteiger charge is 2.14. The van der Waals surface area contributed by atoms with E-state index in [4.69, 9.17) is 0 Å². The van der Waals surface area contributed by atoms with E-state index < -0.39 is 0 Å². The van der Waals surface area contributed by atoms with E-state index in [1.807, 2.05) is 55.5 Å². The minimum Gasteiger partial charge on any atom is -0.346 e. The second-order valence-electron chi connectivity index (χ2n) is 6.13. The number of H-pyrrole nitrogens is 2. The third kappa shape index (κ3) is 3.24. The van der Waals surface area contributed by atoms with Crippen molar-refractivity contribution < 1.29 is 4.79 Å². The van der Waals surface area contributed by atoms with Gasteiger partial charge in [-0.3, -0.25) is 4.79 Å². The molecular weight excluding hydrogens is 314 g/mol. The summed E-state index contributed by atoms with van der Waals surface area (Å²) in [7, 11) is 0. The maximum atomic E-state index is 12.2. The van der Waals surface area contributed by atoms with Crippen LogP contribution in [-0.2, 0) is 11.2 Å². The van der Waals surface area contributed by atoms with E-state index in [0.29, 0.717) is 12.8 Å². The van der Waals surface area contributed by atoms with Gasteiger partial charge in [-0.05, 0) is 31.2 Å². The van der Waals surface area contributed by atoms with Gasteiger partial charge in [0.1, 0.15) is 11.6 Å². The fourth-order valence-corrected chi connectivity index (χ4v) is 2.92. The van der Waals surface area contributed by atoms with Crippen molar-refractivity contribution in [2.75, 3.05) is 0 Å². The van der Waals surface area contributed by atoms with Crippen LogP contribution in [0.25, 0.3) is 22.1 Å². The Bertz CT molecular complexity index is 966. The number of fused-ring (bicyclic) bond motifs is 2. The largest absolute Gasteiger partial charge is 0.346 e. The van der Waals surface area contributed by atoms with E-state index in [2.05, 4.69) is 25.3 Å². The molecule has 0 unspecified atom stereocenters. The van der Waals surface area contributed by atoms with Crippen molar-refractivity contribution >= 4 is 28.0 Å². The van der Waals surface area contributed by atoms with Gasteiger partial charge < -0.3 is 15.3 Å². The number of nitrogens with one attached hydrogen (secondary N) is 3. The number of carbonyl (C=O) groups is 1. The number of para-hydroxylation sites is 4. The van der Waals surface area contributed by atoms with Crippen molar-refractivity contribution in [3.8, 4) is 0 Å². The molecule has 3 N–H and O–H groups in total. The van der Waals surface area contributed by atoms with Gasteiger partial charge in [0.05, 0.1) is 28.1 Å². The Labute approximate surface area is 144 Å². The zero-order valence-corrected chi connectivity index (χ0v) is 13.9. The standard InChI is InChI=1S/C19H19N5O/c1-12(19-23-15-8-4-5-9-16(15)24-19)20-18(25)11-10-17-21-13-6-2-3-7-14(13)22-17/h2-9,12H,10-11H2,1H3,(H,20,25)(H,21,22)(H,23,24)/t12-/m1/s1. The SMILES string of the molecule is C[C@@H](NC(=O)CCc1nc2ccccc2[nH]1)c1nc2ccccc2[nH]1. The number of rotatable bonds is 5. The molecule has 0 aliphatic heterocycles. The second kappa shape index (κ2) is 6.39. The first-order valence-corrected chi connectivity index (χ1v) is 8.37. The Morgan fingerprint density at radius 3 is 2.32 bits per heavy atom. The lowest BCUT2D eigenvalue weighted by atomic mass is 10.2. The van der Waals surface area contributed by atoms with Crippen molar-refractivity contribution in [1.82, 2.24) is 25.3 Å². The van der Waals surface area contributed by atoms with Crippen LogP contribution in [0.4, 0.5) is 0 Å². The number of benzene rings is 2. The van der Waals surface area contributed by atoms with Crippen molar-refractivity contribution in [2.24, 2.45) is 0 Å². The van der Waals surface area contributed by atoms with E-state index >= 15 is 0 Å². The van der Waals surface area contributed by atoms with E-state index in [-0.39, 0.29) is 11.9 Å². The number of hydrogen-bond donors (Lipinski definition) is 3. The van der Waals surface area contributed by atoms with Crippen LogP contribution in [0.3, 0.4) is 0 Å². The first-order valence-electron chi connectivity index (χ1n) is 8.37. The summed E-state index contributed by atoms with van der Waals surface area (Å²) in [6, 6.07) is 15.5. The third-order valence-electron chi connectivity index (χ3n) is 4.22. The lowest BCUT2D eigenvalue weighted by Gasteiger charge is -2.10. The lowest BCUT2D eigenvalue weighted by Crippen LogP contribution is -2.27. The summed E-state index contributed by atoms with van der Waals surface area (Å²) in [5, 5.41) is 2.99. The summed E-state index contributed by atoms with van der Waals surface area (Å²) < 4.78 is 0. The topological polar surface area (TPSA) is 86.5 Å². The number of amides is 1. The van der Waals surface area contributed by atoms with Crippen LogP contribution < -0.4 is 5.32 Å². The van der Waals surface area contributed by atoms with Crippen LogP contribution in [-0.4, -0.2) is 25.8 Å². The van der Waals surface area contributed by atoms with Gasteiger partial charge >= 0.3 is 0 Å². The van der Waals surface area contributed by atoms with Gasteiger partial charge in [-0.15, -0.1) is 0 Å². The Kier molecular flexibility index (Phi) is 3.93. The van der Waals surface area contributed by atoms with Crippen LogP contribution in [0.1, 0.15) is 31.0 Å². The van der Waals surface area contributed by atoms with Gasteiger partial charge in [0, 0.05) is 12.8 Å². The number of hydrogen-bond acceptors (Lipinski definition) is 3. The molecule has 0 fully saturated rings. The van der Waals surface area contributed by atoms with E-state index in [1.165, 1.54) is 0 Å². The smallest absolute Gasteiger partial charge is 0.221 e. The van der Waals surface area contributed by atoms with Crippen molar-refractivity contribution in [3.63, 3.8) is 0 Å². The second-order valence-corrected chi connectivity index (χ2v) is 6.13. The highest BCUT2D eigenvalue weighted by Crippen LogP contribution is 2.16. The monoisotopic (exact) mass is 333 g/mol. The highest BCUT2D eigenvalue weighted by atomic mass is 16.1. The average Bonchev–Trinajstić information content (AvgIpc) is 3.23. The van der Waals surface area contributed by atoms with Crippen molar-refractivity contribution in [3.05, 3.63) is 60.2 Å². The molecule has 0 saturated carbocycles. The van der Waals surface area contributed by atoms with Crippen LogP contribution in [0.2, 0.25) is 0 Å². The number of imidazole rings is 2. The van der Waals surface area contributed by atoms with E-state index in [9.17, 15) is 4.79 Å². The van der Waals surface area contributed by atoms with Crippen LogP contribution in [0.15, 0.2) is 48.5 Å². The molecule has 0 saturated heterocycles. The van der Waals surface area contributed by atoms with Gasteiger partial charge in [-0.2, -0.15) is 0 Å². The summed E-state index contributed by atoms with van der Waals surface area (Å²) in [6.07, 6.45) is 0.956. The van der Waals surface area contributed by atoms with Gasteiger partial charge in [0.2, 0.25) is 5.91 Å². The van der Waals surface area contributed by atoms with Crippen LogP contribution >= 0.6 is 0 Å². The molecule has 6 nitrogen and oxygen atoms in total. The minimum absolute atomic E-state index is 0.0200. The summed E-state index contributed by atoms with van der Waals surface area (Å²) in [6.45, 7) is 1.93. The molecule has 0 bridgehead atoms. The molecule has 1 atom stereocenters. The molecule has 0 radical (unpaired) electrons. The summed E-state index contributed by atoms with van der Waals surface area (Å²) in [4.78, 5) is 27.7. The van der Waals surface area contributed by atoms with Crippen LogP contribution in [0.5, 0.6) is 0 Å². The van der Waals surface area contributed by atoms with E-state index in [1.54, 1.807) is 0 Å². The quantitative estimate of drug-likeness (QED) is 0.524. The predicted octanol–water partition coefficient (Wildman–Crippen LogP) is 3.25. The summed E-state index contributed by atoms with van der Waals surface area (Å²) in [5.41, 5.74) is 3.80. The summed E-state index contributed by atoms with van der Waals surface area (Å²) in [5.74, 6) is 1.57. The Morgan fingerprint density at radius 1 is 1.00 bits per heavy atom. The first-order chi connectivity index (χ1) is 12.2. The van der Waals surface area contributed by atoms with Crippen LogP contribution in [0, 0.1) is 0 Å². The molecule has 2 aromatic heterocycles. The predicted molar refractivity (Wildman–Crippen MR) is 97.1 cm³/mol. The number of nitrogens with zero attached hydrogens (tertiary/aromatic N) is 2. The zero-order valence-electron chi connectivity index (χ0n) is 13.9. The fourth-order valence-electron chi connectivity index (χ4n) is 2.92. The van der Waals surface area contributed by atoms with E-state index in [0.717, 1.165) is 33.7 Å². The maximum Gasteiger partial charge on any atom is 0.221 e. The number of carbonyl (C=O) groups excluding carboxylic acids is 1. The zero-order chi connectivity index (χ0) is 17.2. The van der Waals surface area contributed by atoms with Crippen molar-refractivity contribution in [2.45, 2.75) is 25.8 Å². The number of aryl methyl sites for hydroxylation is 1. The summed E-state index contributed by atoms with van der Waals surface area (Å²) >= 11 is 0. The molecule has 25 heavy (non-hydrogen) atoms. The Balaban J connectivity index is 1.37. The molecule has 0 aliphatic rings. The third-order valence-corrected chi connectivity index (χ3v) is 4.22. The van der Waals surface area contributed by atoms with Gasteiger partial charge in [0.15, 0.2) is 0 Å². The molecule has 2 heterocycles. The first kappa shape index (κ1) is 15.4. The highest BCUT2D eigenvalue weighted by molar-refractivity contribution is 5.78. The van der Waals surface area contributed by atoms with Gasteiger partial charge in [-0.1, -0.05) is 24.3 Å². The average molecular weight is 333 g/mol. The minimum atomic E-state index is -0.171. The molecule has 126 valence electrons. The van der Waals surface area contributed by atoms with Gasteiger partial charge in [0.25, 0.3) is 0 Å². The molecule has 6 heteroatoms. The molecule has 0 spiro atoms. The number of aromatic amines is 2. The van der Waals surface area contributed by atoms with Crippen molar-refractivity contribution in [1.29, 1.82) is 0 Å².